The fourth-order valence-corrected chi connectivity index (χ4v) is 2.87. The minimum Gasteiger partial charge on any atom is -0.348 e. The number of hydrogen-bond acceptors (Lipinski definition) is 3. The predicted octanol–water partition coefficient (Wildman–Crippen LogP) is 3.15. The van der Waals surface area contributed by atoms with E-state index in [1.165, 1.54) is 29.2 Å². The van der Waals surface area contributed by atoms with Gasteiger partial charge in [0.2, 0.25) is 0 Å². The van der Waals surface area contributed by atoms with Gasteiger partial charge in [-0.05, 0) is 30.7 Å². The van der Waals surface area contributed by atoms with E-state index < -0.39 is 11.7 Å². The van der Waals surface area contributed by atoms with Crippen LogP contribution in [0.2, 0.25) is 0 Å². The molecule has 1 N–H and O–H groups in total. The quantitative estimate of drug-likeness (QED) is 0.811. The molecule has 3 amide bonds. The van der Waals surface area contributed by atoms with E-state index in [-0.39, 0.29) is 29.5 Å². The van der Waals surface area contributed by atoms with Crippen LogP contribution in [0.25, 0.3) is 0 Å². The van der Waals surface area contributed by atoms with E-state index in [2.05, 4.69) is 5.32 Å². The Bertz CT molecular complexity index is 879. The SMILES string of the molecule is CCCCN1C(=O)c2ccc(C(=O)NCc3ccccc3F)cc2C1=O. The standard InChI is InChI=1S/C20H19FN2O3/c1-2-3-10-23-19(25)15-9-8-13(11-16(15)20(23)26)18(24)22-12-14-6-4-5-7-17(14)21/h4-9,11H,2-3,10,12H2,1H3,(H,22,24). The second-order valence-electron chi connectivity index (χ2n) is 6.15. The third-order valence-corrected chi connectivity index (χ3v) is 4.37. The molecule has 0 spiro atoms. The number of benzene rings is 2. The van der Waals surface area contributed by atoms with Crippen LogP contribution >= 0.6 is 0 Å². The number of nitrogens with one attached hydrogen (secondary N) is 1. The fraction of sp³-hybridized carbons (Fsp3) is 0.250. The Kier molecular flexibility index (Phi) is 5.11. The van der Waals surface area contributed by atoms with Crippen molar-refractivity contribution >= 4 is 17.7 Å². The van der Waals surface area contributed by atoms with Crippen molar-refractivity contribution in [1.82, 2.24) is 10.2 Å². The molecular weight excluding hydrogens is 335 g/mol. The molecule has 0 saturated heterocycles. The Morgan fingerprint density at radius 1 is 1.08 bits per heavy atom. The third kappa shape index (κ3) is 3.35. The zero-order valence-electron chi connectivity index (χ0n) is 14.4. The lowest BCUT2D eigenvalue weighted by molar-refractivity contribution is 0.0652. The molecule has 0 unspecified atom stereocenters. The number of fused-ring (bicyclic) bond motifs is 1. The van der Waals surface area contributed by atoms with Crippen LogP contribution in [0.3, 0.4) is 0 Å². The van der Waals surface area contributed by atoms with Crippen LogP contribution in [0.1, 0.15) is 56.4 Å². The third-order valence-electron chi connectivity index (χ3n) is 4.37. The molecule has 1 heterocycles. The van der Waals surface area contributed by atoms with Crippen molar-refractivity contribution in [3.05, 3.63) is 70.5 Å². The number of unbranched alkanes of at least 4 members (excludes halogenated alkanes) is 1. The number of halogens is 1. The normalized spacial score (nSPS) is 13.1. The molecule has 3 rings (SSSR count). The lowest BCUT2D eigenvalue weighted by Gasteiger charge is -2.12. The molecule has 0 bridgehead atoms. The minimum absolute atomic E-state index is 0.0398. The highest BCUT2D eigenvalue weighted by atomic mass is 19.1. The molecule has 26 heavy (non-hydrogen) atoms. The fourth-order valence-electron chi connectivity index (χ4n) is 2.87. The van der Waals surface area contributed by atoms with Crippen LogP contribution in [0.15, 0.2) is 42.5 Å². The first-order valence-electron chi connectivity index (χ1n) is 8.54. The van der Waals surface area contributed by atoms with Crippen LogP contribution in [0, 0.1) is 5.82 Å². The van der Waals surface area contributed by atoms with Crippen molar-refractivity contribution in [1.29, 1.82) is 0 Å². The van der Waals surface area contributed by atoms with Crippen LogP contribution in [0.5, 0.6) is 0 Å². The molecule has 0 fully saturated rings. The molecule has 2 aromatic rings. The molecule has 1 aliphatic heterocycles. The van der Waals surface area contributed by atoms with Crippen molar-refractivity contribution in [3.63, 3.8) is 0 Å². The second kappa shape index (κ2) is 7.47. The Morgan fingerprint density at radius 3 is 2.54 bits per heavy atom. The van der Waals surface area contributed by atoms with Crippen LogP contribution in [0.4, 0.5) is 4.39 Å². The molecule has 5 nitrogen and oxygen atoms in total. The molecule has 0 saturated carbocycles. The Labute approximate surface area is 150 Å². The molecule has 0 aliphatic carbocycles. The van der Waals surface area contributed by atoms with Gasteiger partial charge in [0, 0.05) is 24.2 Å². The summed E-state index contributed by atoms with van der Waals surface area (Å²) in [5.41, 5.74) is 1.19. The van der Waals surface area contributed by atoms with Gasteiger partial charge >= 0.3 is 0 Å². The van der Waals surface area contributed by atoms with Gasteiger partial charge in [-0.25, -0.2) is 4.39 Å². The number of amides is 3. The number of carbonyl (C=O) groups is 3. The van der Waals surface area contributed by atoms with Gasteiger partial charge in [0.05, 0.1) is 11.1 Å². The Balaban J connectivity index is 1.74. The molecule has 1 aliphatic rings. The number of nitrogens with zero attached hydrogens (tertiary/aromatic N) is 1. The lowest BCUT2D eigenvalue weighted by atomic mass is 10.1. The summed E-state index contributed by atoms with van der Waals surface area (Å²) in [6, 6.07) is 10.6. The van der Waals surface area contributed by atoms with Gasteiger partial charge < -0.3 is 5.32 Å². The molecule has 0 radical (unpaired) electrons. The van der Waals surface area contributed by atoms with Crippen LogP contribution in [-0.4, -0.2) is 29.2 Å². The highest BCUT2D eigenvalue weighted by Gasteiger charge is 2.35. The van der Waals surface area contributed by atoms with E-state index in [9.17, 15) is 18.8 Å². The minimum atomic E-state index is -0.427. The summed E-state index contributed by atoms with van der Waals surface area (Å²) in [7, 11) is 0. The molecule has 6 heteroatoms. The number of rotatable bonds is 6. The van der Waals surface area contributed by atoms with Crippen molar-refractivity contribution in [2.45, 2.75) is 26.3 Å². The summed E-state index contributed by atoms with van der Waals surface area (Å²) in [6.07, 6.45) is 1.61. The largest absolute Gasteiger partial charge is 0.348 e. The van der Waals surface area contributed by atoms with Crippen molar-refractivity contribution in [3.8, 4) is 0 Å². The first-order chi connectivity index (χ1) is 12.5. The van der Waals surface area contributed by atoms with Crippen molar-refractivity contribution in [2.75, 3.05) is 6.54 Å². The molecule has 2 aromatic carbocycles. The van der Waals surface area contributed by atoms with E-state index in [1.54, 1.807) is 18.2 Å². The summed E-state index contributed by atoms with van der Waals surface area (Å²) >= 11 is 0. The zero-order chi connectivity index (χ0) is 18.7. The average molecular weight is 354 g/mol. The van der Waals surface area contributed by atoms with Gasteiger partial charge in [-0.15, -0.1) is 0 Å². The van der Waals surface area contributed by atoms with Crippen molar-refractivity contribution < 1.29 is 18.8 Å². The molecule has 134 valence electrons. The summed E-state index contributed by atoms with van der Waals surface area (Å²) in [6.45, 7) is 2.39. The summed E-state index contributed by atoms with van der Waals surface area (Å²) < 4.78 is 13.6. The number of imide groups is 1. The van der Waals surface area contributed by atoms with E-state index in [4.69, 9.17) is 0 Å². The molecule has 0 aromatic heterocycles. The monoisotopic (exact) mass is 354 g/mol. The van der Waals surface area contributed by atoms with E-state index in [0.29, 0.717) is 17.7 Å². The first-order valence-corrected chi connectivity index (χ1v) is 8.54. The van der Waals surface area contributed by atoms with E-state index in [1.807, 2.05) is 6.92 Å². The smallest absolute Gasteiger partial charge is 0.261 e. The first kappa shape index (κ1) is 17.8. The summed E-state index contributed by atoms with van der Waals surface area (Å²) in [5.74, 6) is -1.52. The van der Waals surface area contributed by atoms with Gasteiger partial charge in [0.15, 0.2) is 0 Å². The van der Waals surface area contributed by atoms with Gasteiger partial charge in [-0.3, -0.25) is 19.3 Å². The van der Waals surface area contributed by atoms with Gasteiger partial charge in [0.25, 0.3) is 17.7 Å². The lowest BCUT2D eigenvalue weighted by Crippen LogP contribution is -2.30. The van der Waals surface area contributed by atoms with E-state index in [0.717, 1.165) is 12.8 Å². The Hall–Kier alpha value is -3.02. The highest BCUT2D eigenvalue weighted by Crippen LogP contribution is 2.24. The maximum absolute atomic E-state index is 13.6. The van der Waals surface area contributed by atoms with E-state index >= 15 is 0 Å². The number of carbonyl (C=O) groups excluding carboxylic acids is 3. The zero-order valence-corrected chi connectivity index (χ0v) is 14.4. The van der Waals surface area contributed by atoms with Crippen molar-refractivity contribution in [2.24, 2.45) is 0 Å². The maximum Gasteiger partial charge on any atom is 0.261 e. The maximum atomic E-state index is 13.6. The summed E-state index contributed by atoms with van der Waals surface area (Å²) in [4.78, 5) is 38.3. The molecule has 0 atom stereocenters. The predicted molar refractivity (Wildman–Crippen MR) is 94.3 cm³/mol. The average Bonchev–Trinajstić information content (AvgIpc) is 2.89. The van der Waals surface area contributed by atoms with Gasteiger partial charge in [-0.1, -0.05) is 31.5 Å². The highest BCUT2D eigenvalue weighted by molar-refractivity contribution is 6.22. The Morgan fingerprint density at radius 2 is 1.81 bits per heavy atom. The van der Waals surface area contributed by atoms with Gasteiger partial charge in [-0.2, -0.15) is 0 Å². The topological polar surface area (TPSA) is 66.5 Å². The number of hydrogen-bond donors (Lipinski definition) is 1. The second-order valence-corrected chi connectivity index (χ2v) is 6.15. The van der Waals surface area contributed by atoms with Crippen LogP contribution < -0.4 is 5.32 Å². The summed E-state index contributed by atoms with van der Waals surface area (Å²) in [5, 5.41) is 2.63. The molecular formula is C20H19FN2O3. The van der Waals surface area contributed by atoms with Crippen LogP contribution in [-0.2, 0) is 6.54 Å². The van der Waals surface area contributed by atoms with Gasteiger partial charge in [0.1, 0.15) is 5.82 Å².